The maximum Gasteiger partial charge on any atom is 0.335 e. The maximum absolute atomic E-state index is 11.6. The average Bonchev–Trinajstić information content (AvgIpc) is 2.73. The van der Waals surface area contributed by atoms with Gasteiger partial charge in [0.15, 0.2) is 9.84 Å². The van der Waals surface area contributed by atoms with Crippen LogP contribution in [0.15, 0.2) is 23.1 Å². The van der Waals surface area contributed by atoms with Gasteiger partial charge in [0.05, 0.1) is 10.5 Å². The van der Waals surface area contributed by atoms with E-state index in [4.69, 9.17) is 5.11 Å². The topological polar surface area (TPSA) is 91.8 Å². The van der Waals surface area contributed by atoms with Gasteiger partial charge in [-0.1, -0.05) is 0 Å². The van der Waals surface area contributed by atoms with Crippen molar-refractivity contribution in [1.82, 2.24) is 0 Å². The van der Waals surface area contributed by atoms with Gasteiger partial charge in [0.2, 0.25) is 5.91 Å². The van der Waals surface area contributed by atoms with Crippen LogP contribution in [0.4, 0.5) is 5.69 Å². The fourth-order valence-electron chi connectivity index (χ4n) is 2.00. The number of hydrogen-bond donors (Lipinski definition) is 1. The summed E-state index contributed by atoms with van der Waals surface area (Å²) in [6.07, 6.45) is 2.08. The number of aromatic carboxylic acids is 1. The third-order valence-corrected chi connectivity index (χ3v) is 4.04. The lowest BCUT2D eigenvalue weighted by Crippen LogP contribution is -2.24. The number of rotatable bonds is 3. The van der Waals surface area contributed by atoms with Crippen molar-refractivity contribution in [2.24, 2.45) is 0 Å². The molecule has 1 amide bonds. The summed E-state index contributed by atoms with van der Waals surface area (Å²) in [6, 6.07) is 3.76. The molecule has 0 atom stereocenters. The molecule has 0 aliphatic carbocycles. The molecule has 6 nitrogen and oxygen atoms in total. The largest absolute Gasteiger partial charge is 0.478 e. The van der Waals surface area contributed by atoms with Crippen molar-refractivity contribution in [1.29, 1.82) is 0 Å². The van der Waals surface area contributed by atoms with Gasteiger partial charge in [-0.3, -0.25) is 4.79 Å². The molecule has 0 unspecified atom stereocenters. The summed E-state index contributed by atoms with van der Waals surface area (Å²) in [6.45, 7) is 0.477. The molecule has 1 aliphatic rings. The SMILES string of the molecule is CS(=O)(=O)c1cc(C(=O)O)cc(N2CCCC2=O)c1. The number of hydrogen-bond acceptors (Lipinski definition) is 4. The second-order valence-electron chi connectivity index (χ2n) is 4.44. The van der Waals surface area contributed by atoms with E-state index in [9.17, 15) is 18.0 Å². The number of carbonyl (C=O) groups is 2. The van der Waals surface area contributed by atoms with E-state index >= 15 is 0 Å². The standard InChI is InChI=1S/C12H13NO5S/c1-19(17,18)10-6-8(12(15)16)5-9(7-10)13-4-2-3-11(13)14/h5-7H,2-4H2,1H3,(H,15,16). The Balaban J connectivity index is 2.58. The van der Waals surface area contributed by atoms with Crippen molar-refractivity contribution in [2.75, 3.05) is 17.7 Å². The molecule has 0 aromatic heterocycles. The summed E-state index contributed by atoms with van der Waals surface area (Å²) in [7, 11) is -3.53. The fraction of sp³-hybridized carbons (Fsp3) is 0.333. The Kier molecular flexibility index (Phi) is 3.32. The van der Waals surface area contributed by atoms with E-state index in [1.807, 2.05) is 0 Å². The van der Waals surface area contributed by atoms with Crippen LogP contribution in [-0.2, 0) is 14.6 Å². The van der Waals surface area contributed by atoms with Crippen LogP contribution in [0.3, 0.4) is 0 Å². The summed E-state index contributed by atoms with van der Waals surface area (Å²) in [5.74, 6) is -1.35. The molecule has 1 aliphatic heterocycles. The predicted molar refractivity (Wildman–Crippen MR) is 68.1 cm³/mol. The van der Waals surface area contributed by atoms with Crippen molar-refractivity contribution >= 4 is 27.4 Å². The Labute approximate surface area is 110 Å². The first-order valence-electron chi connectivity index (χ1n) is 5.68. The normalized spacial score (nSPS) is 15.8. The third kappa shape index (κ3) is 2.76. The molecular weight excluding hydrogens is 270 g/mol. The van der Waals surface area contributed by atoms with Crippen LogP contribution in [0.5, 0.6) is 0 Å². The Bertz CT molecular complexity index is 650. The van der Waals surface area contributed by atoms with Gasteiger partial charge >= 0.3 is 5.97 Å². The highest BCUT2D eigenvalue weighted by Crippen LogP contribution is 2.26. The average molecular weight is 283 g/mol. The molecule has 1 saturated heterocycles. The minimum atomic E-state index is -3.53. The summed E-state index contributed by atoms with van der Waals surface area (Å²) in [5, 5.41) is 9.01. The van der Waals surface area contributed by atoms with Crippen LogP contribution in [0.1, 0.15) is 23.2 Å². The Hall–Kier alpha value is -1.89. The van der Waals surface area contributed by atoms with Gasteiger partial charge in [0, 0.05) is 24.9 Å². The molecule has 102 valence electrons. The van der Waals surface area contributed by atoms with Gasteiger partial charge in [-0.2, -0.15) is 0 Å². The van der Waals surface area contributed by atoms with Crippen LogP contribution >= 0.6 is 0 Å². The van der Waals surface area contributed by atoms with Crippen LogP contribution in [0.2, 0.25) is 0 Å². The van der Waals surface area contributed by atoms with Crippen LogP contribution < -0.4 is 4.90 Å². The quantitative estimate of drug-likeness (QED) is 0.890. The van der Waals surface area contributed by atoms with Crippen LogP contribution in [0.25, 0.3) is 0 Å². The predicted octanol–water partition coefficient (Wildman–Crippen LogP) is 0.915. The first-order chi connectivity index (χ1) is 8.79. The molecule has 1 fully saturated rings. The lowest BCUT2D eigenvalue weighted by molar-refractivity contribution is -0.117. The van der Waals surface area contributed by atoms with Gasteiger partial charge in [-0.15, -0.1) is 0 Å². The number of anilines is 1. The van der Waals surface area contributed by atoms with E-state index < -0.39 is 15.8 Å². The minimum Gasteiger partial charge on any atom is -0.478 e. The van der Waals surface area contributed by atoms with Crippen molar-refractivity contribution in [3.8, 4) is 0 Å². The van der Waals surface area contributed by atoms with Crippen LogP contribution in [0, 0.1) is 0 Å². The molecule has 7 heteroatoms. The summed E-state index contributed by atoms with van der Waals surface area (Å²) >= 11 is 0. The highest BCUT2D eigenvalue weighted by molar-refractivity contribution is 7.90. The maximum atomic E-state index is 11.6. The number of nitrogens with zero attached hydrogens (tertiary/aromatic N) is 1. The zero-order valence-electron chi connectivity index (χ0n) is 10.3. The van der Waals surface area contributed by atoms with Gasteiger partial charge in [-0.25, -0.2) is 13.2 Å². The monoisotopic (exact) mass is 283 g/mol. The second kappa shape index (κ2) is 4.65. The first kappa shape index (κ1) is 13.5. The van der Waals surface area contributed by atoms with Crippen molar-refractivity contribution < 1.29 is 23.1 Å². The summed E-state index contributed by atoms with van der Waals surface area (Å²) in [4.78, 5) is 24.0. The molecule has 0 radical (unpaired) electrons. The molecular formula is C12H13NO5S. The summed E-state index contributed by atoms with van der Waals surface area (Å²) < 4.78 is 23.1. The number of carboxylic acid groups (broad SMARTS) is 1. The molecule has 1 aromatic carbocycles. The minimum absolute atomic E-state index is 0.0953. The molecule has 0 spiro atoms. The molecule has 1 N–H and O–H groups in total. The van der Waals surface area contributed by atoms with Gasteiger partial charge < -0.3 is 10.0 Å². The van der Waals surface area contributed by atoms with E-state index in [-0.39, 0.29) is 16.4 Å². The Morgan fingerprint density at radius 1 is 1.32 bits per heavy atom. The molecule has 1 heterocycles. The number of benzene rings is 1. The van der Waals surface area contributed by atoms with Gasteiger partial charge in [-0.05, 0) is 24.6 Å². The van der Waals surface area contributed by atoms with Crippen molar-refractivity contribution in [2.45, 2.75) is 17.7 Å². The highest BCUT2D eigenvalue weighted by Gasteiger charge is 2.24. The van der Waals surface area contributed by atoms with Gasteiger partial charge in [0.25, 0.3) is 0 Å². The van der Waals surface area contributed by atoms with E-state index in [1.54, 1.807) is 0 Å². The Morgan fingerprint density at radius 3 is 2.47 bits per heavy atom. The van der Waals surface area contributed by atoms with Crippen molar-refractivity contribution in [3.63, 3.8) is 0 Å². The van der Waals surface area contributed by atoms with E-state index in [0.717, 1.165) is 12.3 Å². The first-order valence-corrected chi connectivity index (χ1v) is 7.57. The molecule has 19 heavy (non-hydrogen) atoms. The number of carbonyl (C=O) groups excluding carboxylic acids is 1. The zero-order valence-corrected chi connectivity index (χ0v) is 11.1. The molecule has 0 bridgehead atoms. The second-order valence-corrected chi connectivity index (χ2v) is 6.46. The molecule has 2 rings (SSSR count). The molecule has 1 aromatic rings. The van der Waals surface area contributed by atoms with E-state index in [2.05, 4.69) is 0 Å². The van der Waals surface area contributed by atoms with E-state index in [0.29, 0.717) is 25.1 Å². The van der Waals surface area contributed by atoms with Crippen molar-refractivity contribution in [3.05, 3.63) is 23.8 Å². The Morgan fingerprint density at radius 2 is 2.00 bits per heavy atom. The smallest absolute Gasteiger partial charge is 0.335 e. The van der Waals surface area contributed by atoms with Crippen LogP contribution in [-0.4, -0.2) is 38.2 Å². The number of carboxylic acids is 1. The fourth-order valence-corrected chi connectivity index (χ4v) is 2.67. The number of amides is 1. The molecule has 0 saturated carbocycles. The number of sulfone groups is 1. The summed E-state index contributed by atoms with van der Waals surface area (Å²) in [5.41, 5.74) is 0.181. The third-order valence-electron chi connectivity index (χ3n) is 2.95. The zero-order chi connectivity index (χ0) is 14.2. The highest BCUT2D eigenvalue weighted by atomic mass is 32.2. The lowest BCUT2D eigenvalue weighted by Gasteiger charge is -2.17. The van der Waals surface area contributed by atoms with E-state index in [1.165, 1.54) is 17.0 Å². The lowest BCUT2D eigenvalue weighted by atomic mass is 10.2. The van der Waals surface area contributed by atoms with Gasteiger partial charge in [0.1, 0.15) is 0 Å².